The Morgan fingerprint density at radius 3 is 2.18 bits per heavy atom. The van der Waals surface area contributed by atoms with Gasteiger partial charge in [0.1, 0.15) is 0 Å². The first-order chi connectivity index (χ1) is 7.97. The lowest BCUT2D eigenvalue weighted by Crippen LogP contribution is -2.31. The third-order valence-corrected chi connectivity index (χ3v) is 3.77. The van der Waals surface area contributed by atoms with E-state index in [-0.39, 0.29) is 17.4 Å². The maximum absolute atomic E-state index is 11.8. The minimum Gasteiger partial charge on any atom is -0.345 e. The summed E-state index contributed by atoms with van der Waals surface area (Å²) in [4.78, 5) is 13.3. The topological polar surface area (TPSA) is 46.3 Å². The van der Waals surface area contributed by atoms with E-state index in [1.54, 1.807) is 19.0 Å². The van der Waals surface area contributed by atoms with Crippen LogP contribution in [0.3, 0.4) is 0 Å². The molecular weight excluding hydrogens is 212 g/mol. The molecule has 0 saturated heterocycles. The second kappa shape index (κ2) is 4.15. The highest BCUT2D eigenvalue weighted by Gasteiger charge is 2.47. The highest BCUT2D eigenvalue weighted by Crippen LogP contribution is 2.50. The molecule has 1 aromatic carbocycles. The number of hydrogen-bond acceptors (Lipinski definition) is 2. The van der Waals surface area contributed by atoms with E-state index in [4.69, 9.17) is 5.73 Å². The van der Waals surface area contributed by atoms with Crippen LogP contribution in [-0.2, 0) is 5.41 Å². The molecule has 0 bridgehead atoms. The zero-order valence-electron chi connectivity index (χ0n) is 10.7. The lowest BCUT2D eigenvalue weighted by atomic mass is 9.89. The van der Waals surface area contributed by atoms with Crippen LogP contribution in [-0.4, -0.2) is 30.9 Å². The molecular formula is C14H20N2O. The zero-order valence-corrected chi connectivity index (χ0v) is 10.7. The van der Waals surface area contributed by atoms with Crippen LogP contribution >= 0.6 is 0 Å². The molecule has 92 valence electrons. The quantitative estimate of drug-likeness (QED) is 0.863. The first kappa shape index (κ1) is 12.1. The Bertz CT molecular complexity index is 416. The molecule has 1 atom stereocenters. The van der Waals surface area contributed by atoms with Gasteiger partial charge < -0.3 is 10.6 Å². The van der Waals surface area contributed by atoms with E-state index >= 15 is 0 Å². The summed E-state index contributed by atoms with van der Waals surface area (Å²) >= 11 is 0. The van der Waals surface area contributed by atoms with Crippen LogP contribution in [0.15, 0.2) is 24.3 Å². The Morgan fingerprint density at radius 2 is 1.82 bits per heavy atom. The summed E-state index contributed by atoms with van der Waals surface area (Å²) < 4.78 is 0. The van der Waals surface area contributed by atoms with E-state index in [1.807, 2.05) is 24.3 Å². The van der Waals surface area contributed by atoms with E-state index in [2.05, 4.69) is 6.92 Å². The molecule has 2 N–H and O–H groups in total. The van der Waals surface area contributed by atoms with Gasteiger partial charge in [-0.25, -0.2) is 0 Å². The van der Waals surface area contributed by atoms with Gasteiger partial charge >= 0.3 is 0 Å². The summed E-state index contributed by atoms with van der Waals surface area (Å²) in [7, 11) is 3.53. The first-order valence-corrected chi connectivity index (χ1v) is 6.05. The fourth-order valence-corrected chi connectivity index (χ4v) is 2.34. The maximum atomic E-state index is 11.8. The highest BCUT2D eigenvalue weighted by atomic mass is 16.2. The predicted molar refractivity (Wildman–Crippen MR) is 69.0 cm³/mol. The summed E-state index contributed by atoms with van der Waals surface area (Å²) in [5.74, 6) is 0.0437. The summed E-state index contributed by atoms with van der Waals surface area (Å²) in [6.45, 7) is 2.06. The van der Waals surface area contributed by atoms with Crippen LogP contribution in [0.5, 0.6) is 0 Å². The summed E-state index contributed by atoms with van der Waals surface area (Å²) in [6.07, 6.45) is 2.32. The zero-order chi connectivity index (χ0) is 12.6. The monoisotopic (exact) mass is 232 g/mol. The minimum atomic E-state index is 0.0437. The molecule has 1 aliphatic carbocycles. The molecule has 17 heavy (non-hydrogen) atoms. The number of carbonyl (C=O) groups excluding carboxylic acids is 1. The molecule has 0 aliphatic heterocycles. The number of hydrogen-bond donors (Lipinski definition) is 1. The molecule has 1 unspecified atom stereocenters. The van der Waals surface area contributed by atoms with E-state index in [1.165, 1.54) is 5.56 Å². The Balaban J connectivity index is 2.22. The third kappa shape index (κ3) is 2.07. The van der Waals surface area contributed by atoms with Gasteiger partial charge in [-0.2, -0.15) is 0 Å². The summed E-state index contributed by atoms with van der Waals surface area (Å²) in [5, 5.41) is 0. The van der Waals surface area contributed by atoms with Crippen LogP contribution in [0.4, 0.5) is 0 Å². The largest absolute Gasteiger partial charge is 0.345 e. The van der Waals surface area contributed by atoms with Crippen molar-refractivity contribution >= 4 is 5.91 Å². The molecule has 2 rings (SSSR count). The number of benzene rings is 1. The molecule has 1 aromatic rings. The molecule has 0 spiro atoms. The third-order valence-electron chi connectivity index (χ3n) is 3.77. The second-order valence-electron chi connectivity index (χ2n) is 5.22. The van der Waals surface area contributed by atoms with Crippen LogP contribution < -0.4 is 5.73 Å². The molecule has 1 aliphatic rings. The molecule has 0 radical (unpaired) electrons. The Kier molecular flexibility index (Phi) is 2.96. The number of nitrogens with zero attached hydrogens (tertiary/aromatic N) is 1. The van der Waals surface area contributed by atoms with E-state index in [9.17, 15) is 4.79 Å². The standard InChI is InChI=1S/C14H20N2O/c1-10(15)14(8-9-14)12-6-4-11(5-7-12)13(17)16(2)3/h4-7,10H,8-9,15H2,1-3H3. The predicted octanol–water partition coefficient (Wildman–Crippen LogP) is 1.77. The average molecular weight is 232 g/mol. The van der Waals surface area contributed by atoms with Gasteiger partial charge in [0, 0.05) is 31.1 Å². The SMILES string of the molecule is CC(N)C1(c2ccc(C(=O)N(C)C)cc2)CC1. The number of nitrogens with two attached hydrogens (primary N) is 1. The van der Waals surface area contributed by atoms with Crippen molar-refractivity contribution in [3.05, 3.63) is 35.4 Å². The molecule has 3 nitrogen and oxygen atoms in total. The van der Waals surface area contributed by atoms with Crippen molar-refractivity contribution in [3.63, 3.8) is 0 Å². The summed E-state index contributed by atoms with van der Waals surface area (Å²) in [5.41, 5.74) is 8.20. The van der Waals surface area contributed by atoms with Crippen molar-refractivity contribution in [3.8, 4) is 0 Å². The van der Waals surface area contributed by atoms with Crippen LogP contribution in [0, 0.1) is 0 Å². The first-order valence-electron chi connectivity index (χ1n) is 6.05. The van der Waals surface area contributed by atoms with Crippen molar-refractivity contribution in [1.29, 1.82) is 0 Å². The van der Waals surface area contributed by atoms with Crippen molar-refractivity contribution in [1.82, 2.24) is 4.90 Å². The average Bonchev–Trinajstić information content (AvgIpc) is 3.09. The van der Waals surface area contributed by atoms with E-state index < -0.39 is 0 Å². The van der Waals surface area contributed by atoms with Crippen molar-refractivity contribution < 1.29 is 4.79 Å². The number of amides is 1. The Labute approximate surface area is 103 Å². The molecule has 3 heteroatoms. The smallest absolute Gasteiger partial charge is 0.253 e. The van der Waals surface area contributed by atoms with Gasteiger partial charge in [-0.1, -0.05) is 12.1 Å². The van der Waals surface area contributed by atoms with Crippen LogP contribution in [0.25, 0.3) is 0 Å². The Morgan fingerprint density at radius 1 is 1.29 bits per heavy atom. The Hall–Kier alpha value is -1.35. The van der Waals surface area contributed by atoms with Gasteiger partial charge in [0.2, 0.25) is 0 Å². The van der Waals surface area contributed by atoms with Crippen molar-refractivity contribution in [2.75, 3.05) is 14.1 Å². The van der Waals surface area contributed by atoms with Gasteiger partial charge in [0.05, 0.1) is 0 Å². The van der Waals surface area contributed by atoms with Crippen molar-refractivity contribution in [2.45, 2.75) is 31.2 Å². The normalized spacial score (nSPS) is 18.6. The van der Waals surface area contributed by atoms with Gasteiger partial charge in [-0.15, -0.1) is 0 Å². The lowest BCUT2D eigenvalue weighted by molar-refractivity contribution is 0.0827. The molecule has 1 amide bonds. The van der Waals surface area contributed by atoms with Gasteiger partial charge in [0.15, 0.2) is 0 Å². The maximum Gasteiger partial charge on any atom is 0.253 e. The lowest BCUT2D eigenvalue weighted by Gasteiger charge is -2.20. The fourth-order valence-electron chi connectivity index (χ4n) is 2.34. The summed E-state index contributed by atoms with van der Waals surface area (Å²) in [6, 6.07) is 8.08. The van der Waals surface area contributed by atoms with Crippen LogP contribution in [0.2, 0.25) is 0 Å². The van der Waals surface area contributed by atoms with Crippen LogP contribution in [0.1, 0.15) is 35.7 Å². The molecule has 1 saturated carbocycles. The number of rotatable bonds is 3. The van der Waals surface area contributed by atoms with Gasteiger partial charge in [0.25, 0.3) is 5.91 Å². The van der Waals surface area contributed by atoms with Gasteiger partial charge in [-0.3, -0.25) is 4.79 Å². The minimum absolute atomic E-state index is 0.0437. The molecule has 1 fully saturated rings. The van der Waals surface area contributed by atoms with Crippen molar-refractivity contribution in [2.24, 2.45) is 5.73 Å². The number of carbonyl (C=O) groups is 1. The highest BCUT2D eigenvalue weighted by molar-refractivity contribution is 5.93. The van der Waals surface area contributed by atoms with E-state index in [0.717, 1.165) is 18.4 Å². The van der Waals surface area contributed by atoms with Gasteiger partial charge in [-0.05, 0) is 37.5 Å². The molecule has 0 aromatic heterocycles. The van der Waals surface area contributed by atoms with E-state index in [0.29, 0.717) is 0 Å². The molecule has 0 heterocycles. The fraction of sp³-hybridized carbons (Fsp3) is 0.500. The second-order valence-corrected chi connectivity index (χ2v) is 5.22.